The number of H-pyrrole nitrogens is 1. The average Bonchev–Trinajstić information content (AvgIpc) is 3.05. The molecule has 0 spiro atoms. The predicted molar refractivity (Wildman–Crippen MR) is 102 cm³/mol. The number of rotatable bonds is 7. The zero-order chi connectivity index (χ0) is 20.1. The van der Waals surface area contributed by atoms with Crippen LogP contribution in [0.3, 0.4) is 0 Å². The van der Waals surface area contributed by atoms with Gasteiger partial charge in [-0.25, -0.2) is 5.10 Å². The highest BCUT2D eigenvalue weighted by Gasteiger charge is 2.19. The quantitative estimate of drug-likeness (QED) is 0.269. The molecule has 0 unspecified atom stereocenters. The van der Waals surface area contributed by atoms with Gasteiger partial charge in [0.1, 0.15) is 12.4 Å². The van der Waals surface area contributed by atoms with Gasteiger partial charge in [-0.3, -0.25) is 10.1 Å². The van der Waals surface area contributed by atoms with E-state index >= 15 is 0 Å². The number of phenolic OH excluding ortho intramolecular Hbond substituents is 1. The maximum Gasteiger partial charge on any atom is 0.315 e. The topological polar surface area (TPSA) is 128 Å². The van der Waals surface area contributed by atoms with Crippen molar-refractivity contribution in [2.75, 3.05) is 7.11 Å². The van der Waals surface area contributed by atoms with Gasteiger partial charge in [0.05, 0.1) is 18.2 Å². The number of hydrogen-bond donors (Lipinski definition) is 2. The fraction of sp³-hybridized carbons (Fsp3) is 0.118. The molecule has 11 heteroatoms. The lowest BCUT2D eigenvalue weighted by Crippen LogP contribution is -2.04. The number of nitrogens with one attached hydrogen (secondary N) is 1. The van der Waals surface area contributed by atoms with Crippen molar-refractivity contribution < 1.29 is 19.5 Å². The van der Waals surface area contributed by atoms with Crippen molar-refractivity contribution in [3.05, 3.63) is 68.7 Å². The molecule has 2 N–H and O–H groups in total. The van der Waals surface area contributed by atoms with E-state index in [-0.39, 0.29) is 17.1 Å². The first kappa shape index (κ1) is 19.0. The van der Waals surface area contributed by atoms with E-state index in [0.29, 0.717) is 17.1 Å². The van der Waals surface area contributed by atoms with Crippen molar-refractivity contribution in [1.29, 1.82) is 0 Å². The summed E-state index contributed by atoms with van der Waals surface area (Å²) < 4.78 is 12.2. The number of hydrogen-bond acceptors (Lipinski definition) is 8. The van der Waals surface area contributed by atoms with E-state index in [1.807, 2.05) is 18.2 Å². The highest BCUT2D eigenvalue weighted by Crippen LogP contribution is 2.36. The Morgan fingerprint density at radius 1 is 1.39 bits per heavy atom. The van der Waals surface area contributed by atoms with Gasteiger partial charge in [-0.15, -0.1) is 0 Å². The molecule has 3 aromatic rings. The molecule has 10 nitrogen and oxygen atoms in total. The third-order valence-electron chi connectivity index (χ3n) is 3.64. The van der Waals surface area contributed by atoms with Crippen LogP contribution in [0.5, 0.6) is 17.2 Å². The number of aromatic hydroxyl groups is 1. The van der Waals surface area contributed by atoms with Crippen molar-refractivity contribution >= 4 is 24.1 Å². The van der Waals surface area contributed by atoms with E-state index in [0.717, 1.165) is 0 Å². The summed E-state index contributed by atoms with van der Waals surface area (Å²) in [6.07, 6.45) is 1.34. The van der Waals surface area contributed by atoms with Crippen LogP contribution in [-0.4, -0.2) is 38.2 Å². The summed E-state index contributed by atoms with van der Waals surface area (Å²) in [6, 6.07) is 11.7. The zero-order valence-corrected chi connectivity index (χ0v) is 15.4. The second kappa shape index (κ2) is 8.31. The third-order valence-corrected chi connectivity index (χ3v) is 3.91. The Bertz CT molecular complexity index is 1080. The largest absolute Gasteiger partial charge is 0.500 e. The summed E-state index contributed by atoms with van der Waals surface area (Å²) in [6.45, 7) is 0.105. The first-order chi connectivity index (χ1) is 13.5. The number of nitrogens with zero attached hydrogens (tertiary/aromatic N) is 4. The molecule has 0 aliphatic carbocycles. The van der Waals surface area contributed by atoms with E-state index < -0.39 is 16.4 Å². The Morgan fingerprint density at radius 3 is 2.82 bits per heavy atom. The molecule has 0 aliphatic heterocycles. The maximum atomic E-state index is 11.1. The van der Waals surface area contributed by atoms with Crippen LogP contribution in [0.1, 0.15) is 11.4 Å². The SMILES string of the molecule is COc1cc(/C=N\n2c(COc3ccccc3)n[nH]c2=S)cc([N+](=O)[O-])c1O. The van der Waals surface area contributed by atoms with Gasteiger partial charge in [0.15, 0.2) is 11.6 Å². The number of aromatic amines is 1. The van der Waals surface area contributed by atoms with Crippen LogP contribution in [-0.2, 0) is 6.61 Å². The summed E-state index contributed by atoms with van der Waals surface area (Å²) in [5.74, 6) is 0.469. The number of phenols is 1. The fourth-order valence-electron chi connectivity index (χ4n) is 2.31. The summed E-state index contributed by atoms with van der Waals surface area (Å²) in [5.41, 5.74) is -0.163. The predicted octanol–water partition coefficient (Wildman–Crippen LogP) is 3.02. The van der Waals surface area contributed by atoms with Crippen LogP contribution in [0.4, 0.5) is 5.69 Å². The van der Waals surface area contributed by atoms with Crippen LogP contribution in [0, 0.1) is 14.9 Å². The lowest BCUT2D eigenvalue weighted by atomic mass is 10.2. The van der Waals surface area contributed by atoms with Crippen molar-refractivity contribution in [2.45, 2.75) is 6.61 Å². The zero-order valence-electron chi connectivity index (χ0n) is 14.6. The van der Waals surface area contributed by atoms with Crippen LogP contribution in [0.25, 0.3) is 0 Å². The molecule has 0 amide bonds. The lowest BCUT2D eigenvalue weighted by molar-refractivity contribution is -0.386. The normalized spacial score (nSPS) is 10.9. The number of nitro benzene ring substituents is 1. The smallest absolute Gasteiger partial charge is 0.315 e. The van der Waals surface area contributed by atoms with Crippen LogP contribution in [0.2, 0.25) is 0 Å². The Morgan fingerprint density at radius 2 is 2.14 bits per heavy atom. The van der Waals surface area contributed by atoms with E-state index in [9.17, 15) is 15.2 Å². The van der Waals surface area contributed by atoms with Crippen molar-refractivity contribution in [1.82, 2.24) is 14.9 Å². The molecule has 0 radical (unpaired) electrons. The molecule has 28 heavy (non-hydrogen) atoms. The number of aromatic nitrogens is 3. The molecule has 1 heterocycles. The standard InChI is InChI=1S/C17H15N5O5S/c1-26-14-8-11(7-13(16(14)23)22(24)25)9-18-21-15(19-20-17(21)28)10-27-12-5-3-2-4-6-12/h2-9,23H,10H2,1H3,(H,20,28)/b18-9-. The van der Waals surface area contributed by atoms with Gasteiger partial charge in [-0.2, -0.15) is 14.9 Å². The molecule has 2 aromatic carbocycles. The molecule has 0 bridgehead atoms. The first-order valence-corrected chi connectivity index (χ1v) is 8.34. The summed E-state index contributed by atoms with van der Waals surface area (Å²) in [4.78, 5) is 10.4. The Hall–Kier alpha value is -3.73. The Balaban J connectivity index is 1.87. The molecule has 3 rings (SSSR count). The molecule has 0 atom stereocenters. The van der Waals surface area contributed by atoms with E-state index in [4.69, 9.17) is 21.7 Å². The number of benzene rings is 2. The maximum absolute atomic E-state index is 11.1. The summed E-state index contributed by atoms with van der Waals surface area (Å²) >= 11 is 5.16. The van der Waals surface area contributed by atoms with E-state index in [1.165, 1.54) is 30.1 Å². The molecule has 0 saturated heterocycles. The highest BCUT2D eigenvalue weighted by molar-refractivity contribution is 7.71. The van der Waals surface area contributed by atoms with E-state index in [1.54, 1.807) is 12.1 Å². The van der Waals surface area contributed by atoms with Gasteiger partial charge >= 0.3 is 5.69 Å². The summed E-state index contributed by atoms with van der Waals surface area (Å²) in [7, 11) is 1.30. The number of para-hydroxylation sites is 1. The second-order valence-electron chi connectivity index (χ2n) is 5.45. The van der Waals surface area contributed by atoms with Gasteiger partial charge in [-0.05, 0) is 30.4 Å². The van der Waals surface area contributed by atoms with E-state index in [2.05, 4.69) is 15.3 Å². The molecular formula is C17H15N5O5S. The van der Waals surface area contributed by atoms with Crippen molar-refractivity contribution in [2.24, 2.45) is 5.10 Å². The second-order valence-corrected chi connectivity index (χ2v) is 5.84. The lowest BCUT2D eigenvalue weighted by Gasteiger charge is -2.06. The van der Waals surface area contributed by atoms with Gasteiger partial charge in [0, 0.05) is 11.6 Å². The van der Waals surface area contributed by atoms with Crippen LogP contribution in [0.15, 0.2) is 47.6 Å². The molecule has 0 saturated carbocycles. The van der Waals surface area contributed by atoms with Gasteiger partial charge in [-0.1, -0.05) is 18.2 Å². The fourth-order valence-corrected chi connectivity index (χ4v) is 2.51. The highest BCUT2D eigenvalue weighted by atomic mass is 32.1. The number of nitro groups is 1. The Labute approximate surface area is 163 Å². The molecule has 144 valence electrons. The van der Waals surface area contributed by atoms with Crippen LogP contribution >= 0.6 is 12.2 Å². The summed E-state index contributed by atoms with van der Waals surface area (Å²) in [5, 5.41) is 31.8. The minimum Gasteiger partial charge on any atom is -0.500 e. The number of ether oxygens (including phenoxy) is 2. The van der Waals surface area contributed by atoms with Crippen molar-refractivity contribution in [3.63, 3.8) is 0 Å². The van der Waals surface area contributed by atoms with Crippen molar-refractivity contribution in [3.8, 4) is 17.2 Å². The molecule has 0 fully saturated rings. The molecular weight excluding hydrogens is 386 g/mol. The van der Waals surface area contributed by atoms with Gasteiger partial charge in [0.25, 0.3) is 0 Å². The van der Waals surface area contributed by atoms with Gasteiger partial charge < -0.3 is 14.6 Å². The first-order valence-electron chi connectivity index (χ1n) is 7.93. The molecule has 0 aliphatic rings. The number of methoxy groups -OCH3 is 1. The average molecular weight is 401 g/mol. The van der Waals surface area contributed by atoms with Gasteiger partial charge in [0.2, 0.25) is 10.5 Å². The third kappa shape index (κ3) is 4.15. The molecule has 1 aromatic heterocycles. The Kier molecular flexibility index (Phi) is 5.65. The minimum absolute atomic E-state index is 0.0425. The minimum atomic E-state index is -0.710. The monoisotopic (exact) mass is 401 g/mol. The van der Waals surface area contributed by atoms with Crippen LogP contribution < -0.4 is 9.47 Å².